The van der Waals surface area contributed by atoms with Crippen molar-refractivity contribution in [2.24, 2.45) is 5.73 Å². The van der Waals surface area contributed by atoms with Crippen LogP contribution in [0.1, 0.15) is 24.1 Å². The number of hydrogen-bond acceptors (Lipinski definition) is 3. The van der Waals surface area contributed by atoms with Gasteiger partial charge in [-0.3, -0.25) is 0 Å². The Kier molecular flexibility index (Phi) is 3.08. The molecule has 0 amide bonds. The Hall–Kier alpha value is -1.13. The van der Waals surface area contributed by atoms with E-state index in [0.29, 0.717) is 5.56 Å². The molecule has 1 rings (SSSR count). The van der Waals surface area contributed by atoms with Crippen molar-refractivity contribution in [1.82, 2.24) is 0 Å². The summed E-state index contributed by atoms with van der Waals surface area (Å²) < 4.78 is 13.0. The average molecular weight is 199 g/mol. The molecule has 0 saturated heterocycles. The molecule has 0 aliphatic heterocycles. The van der Waals surface area contributed by atoms with Crippen molar-refractivity contribution in [2.45, 2.75) is 26.0 Å². The lowest BCUT2D eigenvalue weighted by Crippen LogP contribution is -2.23. The highest BCUT2D eigenvalue weighted by atomic mass is 19.1. The summed E-state index contributed by atoms with van der Waals surface area (Å²) in [5.74, 6) is -0.522. The van der Waals surface area contributed by atoms with Crippen molar-refractivity contribution < 1.29 is 14.6 Å². The Morgan fingerprint density at radius 1 is 1.43 bits per heavy atom. The first-order valence-corrected chi connectivity index (χ1v) is 4.36. The molecule has 0 heterocycles. The van der Waals surface area contributed by atoms with Crippen LogP contribution in [0.25, 0.3) is 0 Å². The number of aromatic hydroxyl groups is 1. The highest BCUT2D eigenvalue weighted by Gasteiger charge is 2.18. The van der Waals surface area contributed by atoms with Crippen LogP contribution in [0.2, 0.25) is 0 Å². The molecule has 2 atom stereocenters. The maximum atomic E-state index is 13.0. The van der Waals surface area contributed by atoms with Crippen molar-refractivity contribution in [2.75, 3.05) is 0 Å². The predicted molar refractivity (Wildman–Crippen MR) is 51.4 cm³/mol. The summed E-state index contributed by atoms with van der Waals surface area (Å²) in [6.45, 7) is 3.07. The molecule has 1 aromatic carbocycles. The van der Waals surface area contributed by atoms with Crippen molar-refractivity contribution in [3.63, 3.8) is 0 Å². The summed E-state index contributed by atoms with van der Waals surface area (Å²) in [6, 6.07) is 1.58. The van der Waals surface area contributed by atoms with Gasteiger partial charge in [0, 0.05) is 5.56 Å². The molecule has 0 aliphatic carbocycles. The third-order valence-electron chi connectivity index (χ3n) is 2.17. The van der Waals surface area contributed by atoms with Crippen LogP contribution in [0.5, 0.6) is 5.75 Å². The first kappa shape index (κ1) is 10.9. The minimum absolute atomic E-state index is 0.0557. The smallest absolute Gasteiger partial charge is 0.124 e. The van der Waals surface area contributed by atoms with Gasteiger partial charge in [0.25, 0.3) is 0 Å². The van der Waals surface area contributed by atoms with E-state index in [-0.39, 0.29) is 11.3 Å². The zero-order chi connectivity index (χ0) is 10.9. The molecule has 4 N–H and O–H groups in total. The third kappa shape index (κ3) is 2.02. The molecule has 1 aromatic rings. The van der Waals surface area contributed by atoms with Crippen LogP contribution < -0.4 is 5.73 Å². The number of phenolic OH excluding ortho intramolecular Hbond substituents is 1. The number of halogens is 1. The molecule has 2 unspecified atom stereocenters. The van der Waals surface area contributed by atoms with Gasteiger partial charge < -0.3 is 15.9 Å². The summed E-state index contributed by atoms with van der Waals surface area (Å²) in [5.41, 5.74) is 6.25. The van der Waals surface area contributed by atoms with E-state index in [9.17, 15) is 14.6 Å². The van der Waals surface area contributed by atoms with Gasteiger partial charge in [0.05, 0.1) is 12.1 Å². The van der Waals surface area contributed by atoms with E-state index in [1.54, 1.807) is 6.92 Å². The first-order chi connectivity index (χ1) is 6.43. The minimum Gasteiger partial charge on any atom is -0.507 e. The number of benzene rings is 1. The fourth-order valence-corrected chi connectivity index (χ4v) is 1.28. The first-order valence-electron chi connectivity index (χ1n) is 4.36. The van der Waals surface area contributed by atoms with Crippen molar-refractivity contribution >= 4 is 0 Å². The van der Waals surface area contributed by atoms with Gasteiger partial charge in [-0.15, -0.1) is 0 Å². The number of phenols is 1. The number of rotatable bonds is 2. The number of aliphatic hydroxyl groups is 1. The summed E-state index contributed by atoms with van der Waals surface area (Å²) >= 11 is 0. The minimum atomic E-state index is -0.831. The van der Waals surface area contributed by atoms with Crippen LogP contribution in [-0.2, 0) is 0 Å². The standard InChI is InChI=1S/C10H14FNO2/c1-5-3-7(11)4-8(10(5)14)9(12)6(2)13/h3-4,6,9,13-14H,12H2,1-2H3. The monoisotopic (exact) mass is 199 g/mol. The lowest BCUT2D eigenvalue weighted by molar-refractivity contribution is 0.162. The summed E-state index contributed by atoms with van der Waals surface area (Å²) in [4.78, 5) is 0. The van der Waals surface area contributed by atoms with E-state index in [1.165, 1.54) is 13.0 Å². The van der Waals surface area contributed by atoms with Gasteiger partial charge in [-0.25, -0.2) is 4.39 Å². The quantitative estimate of drug-likeness (QED) is 0.671. The fourth-order valence-electron chi connectivity index (χ4n) is 1.28. The zero-order valence-electron chi connectivity index (χ0n) is 8.16. The van der Waals surface area contributed by atoms with E-state index < -0.39 is 18.0 Å². The van der Waals surface area contributed by atoms with Crippen molar-refractivity contribution in [3.05, 3.63) is 29.1 Å². The van der Waals surface area contributed by atoms with Crippen molar-refractivity contribution in [3.8, 4) is 5.75 Å². The largest absolute Gasteiger partial charge is 0.507 e. The number of nitrogens with two attached hydrogens (primary N) is 1. The Labute approximate surface area is 82.0 Å². The molecule has 0 saturated carbocycles. The van der Waals surface area contributed by atoms with Crippen LogP contribution in [0.15, 0.2) is 12.1 Å². The molecule has 0 fully saturated rings. The zero-order valence-corrected chi connectivity index (χ0v) is 8.16. The van der Waals surface area contributed by atoms with Gasteiger partial charge in [0.2, 0.25) is 0 Å². The van der Waals surface area contributed by atoms with Crippen LogP contribution in [0.3, 0.4) is 0 Å². The molecule has 0 bridgehead atoms. The van der Waals surface area contributed by atoms with Gasteiger partial charge in [0.15, 0.2) is 0 Å². The molecule has 14 heavy (non-hydrogen) atoms. The van der Waals surface area contributed by atoms with Gasteiger partial charge in [0.1, 0.15) is 11.6 Å². The Morgan fingerprint density at radius 2 is 2.00 bits per heavy atom. The summed E-state index contributed by atoms with van der Waals surface area (Å²) in [5, 5.41) is 18.8. The van der Waals surface area contributed by atoms with Crippen LogP contribution in [-0.4, -0.2) is 16.3 Å². The second-order valence-electron chi connectivity index (χ2n) is 3.43. The van der Waals surface area contributed by atoms with Gasteiger partial charge >= 0.3 is 0 Å². The highest BCUT2D eigenvalue weighted by molar-refractivity contribution is 5.42. The molecule has 4 heteroatoms. The van der Waals surface area contributed by atoms with Crippen LogP contribution >= 0.6 is 0 Å². The second kappa shape index (κ2) is 3.94. The Morgan fingerprint density at radius 3 is 2.50 bits per heavy atom. The lowest BCUT2D eigenvalue weighted by atomic mass is 9.99. The fraction of sp³-hybridized carbons (Fsp3) is 0.400. The SMILES string of the molecule is Cc1cc(F)cc(C(N)C(C)O)c1O. The molecule has 78 valence electrons. The van der Waals surface area contributed by atoms with Crippen LogP contribution in [0.4, 0.5) is 4.39 Å². The third-order valence-corrected chi connectivity index (χ3v) is 2.17. The van der Waals surface area contributed by atoms with Crippen molar-refractivity contribution in [1.29, 1.82) is 0 Å². The van der Waals surface area contributed by atoms with Gasteiger partial charge in [-0.05, 0) is 31.5 Å². The van der Waals surface area contributed by atoms with Gasteiger partial charge in [-0.1, -0.05) is 0 Å². The highest BCUT2D eigenvalue weighted by Crippen LogP contribution is 2.29. The number of aryl methyl sites for hydroxylation is 1. The predicted octanol–water partition coefficient (Wildman–Crippen LogP) is 1.22. The average Bonchev–Trinajstić information content (AvgIpc) is 2.09. The lowest BCUT2D eigenvalue weighted by Gasteiger charge is -2.17. The topological polar surface area (TPSA) is 66.5 Å². The normalized spacial score (nSPS) is 15.2. The Balaban J connectivity index is 3.20. The molecular formula is C10H14FNO2. The van der Waals surface area contributed by atoms with E-state index in [2.05, 4.69) is 0 Å². The molecule has 0 spiro atoms. The molecule has 0 aliphatic rings. The molecule has 3 nitrogen and oxygen atoms in total. The van der Waals surface area contributed by atoms with Crippen LogP contribution in [0, 0.1) is 12.7 Å². The maximum absolute atomic E-state index is 13.0. The van der Waals surface area contributed by atoms with E-state index in [0.717, 1.165) is 6.07 Å². The molecule has 0 radical (unpaired) electrons. The van der Waals surface area contributed by atoms with E-state index in [4.69, 9.17) is 5.73 Å². The maximum Gasteiger partial charge on any atom is 0.124 e. The van der Waals surface area contributed by atoms with Gasteiger partial charge in [-0.2, -0.15) is 0 Å². The summed E-state index contributed by atoms with van der Waals surface area (Å²) in [6.07, 6.45) is -0.831. The molecular weight excluding hydrogens is 185 g/mol. The Bertz CT molecular complexity index is 339. The summed E-state index contributed by atoms with van der Waals surface area (Å²) in [7, 11) is 0. The molecule has 0 aromatic heterocycles. The number of hydrogen-bond donors (Lipinski definition) is 3. The van der Waals surface area contributed by atoms with E-state index >= 15 is 0 Å². The van der Waals surface area contributed by atoms with E-state index in [1.807, 2.05) is 0 Å². The number of aliphatic hydroxyl groups excluding tert-OH is 1. The second-order valence-corrected chi connectivity index (χ2v) is 3.43.